The summed E-state index contributed by atoms with van der Waals surface area (Å²) in [7, 11) is 0. The predicted molar refractivity (Wildman–Crippen MR) is 88.1 cm³/mol. The zero-order chi connectivity index (χ0) is 18.3. The first-order chi connectivity index (χ1) is 12.5. The van der Waals surface area contributed by atoms with Crippen molar-refractivity contribution in [3.8, 4) is 11.3 Å². The summed E-state index contributed by atoms with van der Waals surface area (Å²) < 4.78 is 42.1. The number of halogens is 3. The number of benzene rings is 2. The molecule has 0 spiro atoms. The van der Waals surface area contributed by atoms with Gasteiger partial charge in [-0.05, 0) is 48.0 Å². The SMILES string of the molecule is O=c1c2cc(-c3ccc(F)cc3)nn2cnn1Cc1cc(F)cc(F)c1. The standard InChI is InChI=1S/C18H11F3N4O/c19-13-3-1-12(2-4-13)16-8-17-18(26)24(22-10-25(17)23-16)9-11-5-14(20)7-15(21)6-11/h1-8,10H,9H2. The Kier molecular flexibility index (Phi) is 3.80. The van der Waals surface area contributed by atoms with Crippen LogP contribution in [0.4, 0.5) is 13.2 Å². The minimum absolute atomic E-state index is 0.0823. The van der Waals surface area contributed by atoms with E-state index in [0.717, 1.165) is 22.9 Å². The summed E-state index contributed by atoms with van der Waals surface area (Å²) in [5.41, 5.74) is 1.20. The largest absolute Gasteiger partial charge is 0.293 e. The van der Waals surface area contributed by atoms with Crippen molar-refractivity contribution in [3.05, 3.63) is 88.2 Å². The molecule has 0 saturated heterocycles. The fraction of sp³-hybridized carbons (Fsp3) is 0.0556. The van der Waals surface area contributed by atoms with E-state index in [9.17, 15) is 18.0 Å². The van der Waals surface area contributed by atoms with E-state index in [4.69, 9.17) is 0 Å². The highest BCUT2D eigenvalue weighted by Gasteiger charge is 2.11. The summed E-state index contributed by atoms with van der Waals surface area (Å²) >= 11 is 0. The van der Waals surface area contributed by atoms with E-state index < -0.39 is 17.2 Å². The Bertz CT molecular complexity index is 1150. The number of hydrogen-bond acceptors (Lipinski definition) is 3. The third-order valence-corrected chi connectivity index (χ3v) is 3.88. The van der Waals surface area contributed by atoms with Crippen LogP contribution in [-0.4, -0.2) is 19.4 Å². The van der Waals surface area contributed by atoms with Crippen molar-refractivity contribution in [2.24, 2.45) is 0 Å². The first-order valence-electron chi connectivity index (χ1n) is 7.66. The Morgan fingerprint density at radius 3 is 2.27 bits per heavy atom. The molecular weight excluding hydrogens is 345 g/mol. The zero-order valence-corrected chi connectivity index (χ0v) is 13.2. The summed E-state index contributed by atoms with van der Waals surface area (Å²) in [6.07, 6.45) is 1.33. The lowest BCUT2D eigenvalue weighted by Gasteiger charge is -2.05. The number of aromatic nitrogens is 4. The van der Waals surface area contributed by atoms with Crippen LogP contribution in [-0.2, 0) is 6.54 Å². The number of fused-ring (bicyclic) bond motifs is 1. The molecule has 0 atom stereocenters. The maximum absolute atomic E-state index is 13.3. The molecule has 2 aromatic carbocycles. The van der Waals surface area contributed by atoms with Gasteiger partial charge in [-0.15, -0.1) is 0 Å². The molecule has 0 fully saturated rings. The Labute approximate surface area is 144 Å². The van der Waals surface area contributed by atoms with Crippen molar-refractivity contribution in [3.63, 3.8) is 0 Å². The smallest absolute Gasteiger partial charge is 0.265 e. The van der Waals surface area contributed by atoms with Crippen LogP contribution in [0.2, 0.25) is 0 Å². The summed E-state index contributed by atoms with van der Waals surface area (Å²) in [6, 6.07) is 10.3. The Morgan fingerprint density at radius 2 is 1.58 bits per heavy atom. The summed E-state index contributed by atoms with van der Waals surface area (Å²) in [5, 5.41) is 8.23. The minimum Gasteiger partial charge on any atom is -0.265 e. The van der Waals surface area contributed by atoms with Crippen LogP contribution in [0.1, 0.15) is 5.56 Å². The van der Waals surface area contributed by atoms with Gasteiger partial charge in [0.15, 0.2) is 0 Å². The van der Waals surface area contributed by atoms with E-state index in [1.165, 1.54) is 23.0 Å². The van der Waals surface area contributed by atoms with Gasteiger partial charge in [0.2, 0.25) is 0 Å². The van der Waals surface area contributed by atoms with Crippen LogP contribution >= 0.6 is 0 Å². The van der Waals surface area contributed by atoms with Crippen molar-refractivity contribution >= 4 is 5.52 Å². The van der Waals surface area contributed by atoms with Gasteiger partial charge in [0.25, 0.3) is 5.56 Å². The molecule has 4 aromatic rings. The first kappa shape index (κ1) is 16.1. The molecule has 0 aliphatic carbocycles. The van der Waals surface area contributed by atoms with Crippen molar-refractivity contribution in [1.29, 1.82) is 0 Å². The molecule has 5 nitrogen and oxygen atoms in total. The highest BCUT2D eigenvalue weighted by Crippen LogP contribution is 2.18. The molecule has 0 radical (unpaired) electrons. The fourth-order valence-electron chi connectivity index (χ4n) is 2.69. The monoisotopic (exact) mass is 356 g/mol. The van der Waals surface area contributed by atoms with Crippen molar-refractivity contribution in [1.82, 2.24) is 19.4 Å². The quantitative estimate of drug-likeness (QED) is 0.567. The second-order valence-electron chi connectivity index (χ2n) is 5.74. The Morgan fingerprint density at radius 1 is 0.885 bits per heavy atom. The topological polar surface area (TPSA) is 52.2 Å². The zero-order valence-electron chi connectivity index (χ0n) is 13.2. The minimum atomic E-state index is -0.725. The Balaban J connectivity index is 1.75. The molecule has 4 rings (SSSR count). The lowest BCUT2D eigenvalue weighted by molar-refractivity contribution is 0.568. The van der Waals surface area contributed by atoms with Gasteiger partial charge in [0.1, 0.15) is 29.3 Å². The van der Waals surface area contributed by atoms with Crippen LogP contribution in [0.25, 0.3) is 16.8 Å². The Hall–Kier alpha value is -3.42. The summed E-state index contributed by atoms with van der Waals surface area (Å²) in [4.78, 5) is 12.6. The van der Waals surface area contributed by atoms with Crippen LogP contribution < -0.4 is 5.56 Å². The van der Waals surface area contributed by atoms with Gasteiger partial charge >= 0.3 is 0 Å². The molecule has 2 heterocycles. The van der Waals surface area contributed by atoms with E-state index in [2.05, 4.69) is 10.2 Å². The molecule has 0 amide bonds. The maximum atomic E-state index is 13.3. The van der Waals surface area contributed by atoms with Crippen LogP contribution in [0.3, 0.4) is 0 Å². The molecule has 2 aromatic heterocycles. The van der Waals surface area contributed by atoms with Crippen LogP contribution in [0.5, 0.6) is 0 Å². The average Bonchev–Trinajstić information content (AvgIpc) is 3.02. The molecule has 26 heavy (non-hydrogen) atoms. The average molecular weight is 356 g/mol. The lowest BCUT2D eigenvalue weighted by Crippen LogP contribution is -2.25. The van der Waals surface area contributed by atoms with E-state index >= 15 is 0 Å². The molecule has 0 unspecified atom stereocenters. The van der Waals surface area contributed by atoms with Crippen molar-refractivity contribution < 1.29 is 13.2 Å². The third kappa shape index (κ3) is 2.97. The van der Waals surface area contributed by atoms with Crippen LogP contribution in [0.15, 0.2) is 59.7 Å². The van der Waals surface area contributed by atoms with Crippen molar-refractivity contribution in [2.75, 3.05) is 0 Å². The molecule has 0 bridgehead atoms. The molecule has 0 N–H and O–H groups in total. The number of hydrogen-bond donors (Lipinski definition) is 0. The summed E-state index contributed by atoms with van der Waals surface area (Å²) in [6.45, 7) is -0.0823. The van der Waals surface area contributed by atoms with Crippen molar-refractivity contribution in [2.45, 2.75) is 6.54 Å². The third-order valence-electron chi connectivity index (χ3n) is 3.88. The number of rotatable bonds is 3. The second kappa shape index (κ2) is 6.14. The van der Waals surface area contributed by atoms with E-state index in [1.807, 2.05) is 0 Å². The predicted octanol–water partition coefficient (Wildman–Crippen LogP) is 3.02. The molecule has 0 aliphatic rings. The highest BCUT2D eigenvalue weighted by atomic mass is 19.1. The maximum Gasteiger partial charge on any atom is 0.293 e. The van der Waals surface area contributed by atoms with E-state index in [-0.39, 0.29) is 23.4 Å². The molecule has 130 valence electrons. The molecular formula is C18H11F3N4O. The molecule has 8 heteroatoms. The first-order valence-corrected chi connectivity index (χ1v) is 7.66. The second-order valence-corrected chi connectivity index (χ2v) is 5.74. The van der Waals surface area contributed by atoms with Gasteiger partial charge in [-0.1, -0.05) is 0 Å². The lowest BCUT2D eigenvalue weighted by atomic mass is 10.1. The van der Waals surface area contributed by atoms with Gasteiger partial charge in [0.05, 0.1) is 12.2 Å². The van der Waals surface area contributed by atoms with Crippen LogP contribution in [0, 0.1) is 17.5 Å². The number of nitrogens with zero attached hydrogens (tertiary/aromatic N) is 4. The van der Waals surface area contributed by atoms with Gasteiger partial charge in [0, 0.05) is 11.6 Å². The molecule has 0 aliphatic heterocycles. The molecule has 0 saturated carbocycles. The highest BCUT2D eigenvalue weighted by molar-refractivity contribution is 5.65. The van der Waals surface area contributed by atoms with Gasteiger partial charge < -0.3 is 0 Å². The van der Waals surface area contributed by atoms with Gasteiger partial charge in [-0.2, -0.15) is 10.2 Å². The summed E-state index contributed by atoms with van der Waals surface area (Å²) in [5.74, 6) is -1.82. The normalized spacial score (nSPS) is 11.2. The fourth-order valence-corrected chi connectivity index (χ4v) is 2.69. The van der Waals surface area contributed by atoms with Gasteiger partial charge in [-0.3, -0.25) is 4.79 Å². The van der Waals surface area contributed by atoms with Gasteiger partial charge in [-0.25, -0.2) is 22.4 Å². The van der Waals surface area contributed by atoms with E-state index in [0.29, 0.717) is 11.3 Å². The van der Waals surface area contributed by atoms with E-state index in [1.54, 1.807) is 18.2 Å².